The van der Waals surface area contributed by atoms with Crippen molar-refractivity contribution in [1.29, 1.82) is 0 Å². The molecule has 0 bridgehead atoms. The second-order valence-electron chi connectivity index (χ2n) is 5.17. The summed E-state index contributed by atoms with van der Waals surface area (Å²) in [6.45, 7) is 3.91. The van der Waals surface area contributed by atoms with Gasteiger partial charge >= 0.3 is 0 Å². The lowest BCUT2D eigenvalue weighted by Crippen LogP contribution is -2.22. The number of rotatable bonds is 3. The minimum Gasteiger partial charge on any atom is -0.508 e. The second kappa shape index (κ2) is 5.05. The molecular formula is C15H18N2O2. The van der Waals surface area contributed by atoms with Gasteiger partial charge in [0.15, 0.2) is 5.76 Å². The van der Waals surface area contributed by atoms with Crippen molar-refractivity contribution in [3.05, 3.63) is 47.3 Å². The predicted molar refractivity (Wildman–Crippen MR) is 71.7 cm³/mol. The summed E-state index contributed by atoms with van der Waals surface area (Å²) in [4.78, 5) is 2.41. The monoisotopic (exact) mass is 258 g/mol. The van der Waals surface area contributed by atoms with Gasteiger partial charge in [-0.3, -0.25) is 4.90 Å². The Labute approximate surface area is 112 Å². The maximum Gasteiger partial charge on any atom is 0.154 e. The molecule has 1 unspecified atom stereocenters. The van der Waals surface area contributed by atoms with Crippen LogP contribution < -0.4 is 0 Å². The lowest BCUT2D eigenvalue weighted by atomic mass is 10.1. The summed E-state index contributed by atoms with van der Waals surface area (Å²) in [6, 6.07) is 9.76. The van der Waals surface area contributed by atoms with Gasteiger partial charge in [-0.25, -0.2) is 0 Å². The van der Waals surface area contributed by atoms with Crippen LogP contribution in [-0.2, 0) is 6.54 Å². The minimum absolute atomic E-state index is 0.313. The van der Waals surface area contributed by atoms with E-state index in [2.05, 4.69) is 10.1 Å². The first-order valence-electron chi connectivity index (χ1n) is 6.67. The van der Waals surface area contributed by atoms with E-state index < -0.39 is 0 Å². The quantitative estimate of drug-likeness (QED) is 0.919. The average Bonchev–Trinajstić information content (AvgIpc) is 3.01. The number of hydrogen-bond donors (Lipinski definition) is 1. The molecule has 2 heterocycles. The zero-order valence-corrected chi connectivity index (χ0v) is 11.0. The van der Waals surface area contributed by atoms with Gasteiger partial charge in [0.2, 0.25) is 0 Å². The Morgan fingerprint density at radius 2 is 2.16 bits per heavy atom. The van der Waals surface area contributed by atoms with Crippen LogP contribution in [0, 0.1) is 6.92 Å². The fourth-order valence-corrected chi connectivity index (χ4v) is 2.71. The normalized spacial score (nSPS) is 19.9. The summed E-state index contributed by atoms with van der Waals surface area (Å²) < 4.78 is 5.40. The molecule has 1 saturated heterocycles. The second-order valence-corrected chi connectivity index (χ2v) is 5.17. The number of hydrogen-bond acceptors (Lipinski definition) is 4. The molecule has 4 heteroatoms. The zero-order chi connectivity index (χ0) is 13.2. The molecular weight excluding hydrogens is 240 g/mol. The molecule has 0 spiro atoms. The van der Waals surface area contributed by atoms with Crippen molar-refractivity contribution in [3.8, 4) is 5.75 Å². The Bertz CT molecular complexity index is 548. The van der Waals surface area contributed by atoms with E-state index >= 15 is 0 Å². The lowest BCUT2D eigenvalue weighted by molar-refractivity contribution is 0.206. The predicted octanol–water partition coefficient (Wildman–Crippen LogP) is 3.03. The summed E-state index contributed by atoms with van der Waals surface area (Å²) in [7, 11) is 0. The SMILES string of the molecule is Cc1cc(C2CCCN2Cc2ccc(O)cc2)on1. The highest BCUT2D eigenvalue weighted by atomic mass is 16.5. The topological polar surface area (TPSA) is 49.5 Å². The average molecular weight is 258 g/mol. The van der Waals surface area contributed by atoms with Crippen LogP contribution in [0.1, 0.15) is 35.9 Å². The van der Waals surface area contributed by atoms with Gasteiger partial charge in [0.05, 0.1) is 11.7 Å². The van der Waals surface area contributed by atoms with Crippen LogP contribution in [0.5, 0.6) is 5.75 Å². The summed E-state index contributed by atoms with van der Waals surface area (Å²) in [5.41, 5.74) is 2.15. The Balaban J connectivity index is 1.74. The smallest absolute Gasteiger partial charge is 0.154 e. The van der Waals surface area contributed by atoms with Crippen LogP contribution in [-0.4, -0.2) is 21.7 Å². The number of likely N-dealkylation sites (tertiary alicyclic amines) is 1. The maximum absolute atomic E-state index is 9.31. The van der Waals surface area contributed by atoms with E-state index in [4.69, 9.17) is 4.52 Å². The summed E-state index contributed by atoms with van der Waals surface area (Å²) in [6.07, 6.45) is 2.30. The van der Waals surface area contributed by atoms with E-state index in [0.29, 0.717) is 11.8 Å². The molecule has 1 atom stereocenters. The standard InChI is InChI=1S/C15H18N2O2/c1-11-9-15(19-16-11)14-3-2-8-17(14)10-12-4-6-13(18)7-5-12/h4-7,9,14,18H,2-3,8,10H2,1H3. The highest BCUT2D eigenvalue weighted by Gasteiger charge is 2.28. The molecule has 1 fully saturated rings. The molecule has 0 saturated carbocycles. The minimum atomic E-state index is 0.313. The Morgan fingerprint density at radius 1 is 1.37 bits per heavy atom. The van der Waals surface area contributed by atoms with Crippen LogP contribution in [0.3, 0.4) is 0 Å². The van der Waals surface area contributed by atoms with Gasteiger partial charge in [0, 0.05) is 12.6 Å². The first-order chi connectivity index (χ1) is 9.22. The molecule has 2 aromatic rings. The van der Waals surface area contributed by atoms with E-state index in [1.165, 1.54) is 12.0 Å². The number of phenols is 1. The summed E-state index contributed by atoms with van der Waals surface area (Å²) in [5, 5.41) is 13.3. The molecule has 3 rings (SSSR count). The van der Waals surface area contributed by atoms with Crippen LogP contribution in [0.4, 0.5) is 0 Å². The third-order valence-corrected chi connectivity index (χ3v) is 3.66. The van der Waals surface area contributed by atoms with E-state index in [-0.39, 0.29) is 0 Å². The van der Waals surface area contributed by atoms with Gasteiger partial charge in [-0.15, -0.1) is 0 Å². The van der Waals surface area contributed by atoms with Gasteiger partial charge < -0.3 is 9.63 Å². The van der Waals surface area contributed by atoms with Crippen molar-refractivity contribution in [3.63, 3.8) is 0 Å². The molecule has 1 N–H and O–H groups in total. The first-order valence-corrected chi connectivity index (χ1v) is 6.67. The van der Waals surface area contributed by atoms with Crippen molar-refractivity contribution < 1.29 is 9.63 Å². The molecule has 1 aliphatic rings. The van der Waals surface area contributed by atoms with E-state index in [1.54, 1.807) is 12.1 Å². The van der Waals surface area contributed by atoms with Crippen molar-refractivity contribution in [2.75, 3.05) is 6.54 Å². The molecule has 1 aromatic carbocycles. The van der Waals surface area contributed by atoms with E-state index in [1.807, 2.05) is 25.1 Å². The third kappa shape index (κ3) is 2.63. The summed E-state index contributed by atoms with van der Waals surface area (Å²) in [5.74, 6) is 1.28. The molecule has 0 radical (unpaired) electrons. The Morgan fingerprint density at radius 3 is 2.84 bits per heavy atom. The number of nitrogens with zero attached hydrogens (tertiary/aromatic N) is 2. The largest absolute Gasteiger partial charge is 0.508 e. The highest BCUT2D eigenvalue weighted by molar-refractivity contribution is 5.26. The van der Waals surface area contributed by atoms with E-state index in [0.717, 1.165) is 31.0 Å². The molecule has 0 aliphatic carbocycles. The number of phenolic OH excluding ortho intramolecular Hbond substituents is 1. The molecule has 0 amide bonds. The number of aromatic hydroxyl groups is 1. The van der Waals surface area contributed by atoms with Gasteiger partial charge in [-0.2, -0.15) is 0 Å². The Kier molecular flexibility index (Phi) is 3.25. The lowest BCUT2D eigenvalue weighted by Gasteiger charge is -2.22. The fourth-order valence-electron chi connectivity index (χ4n) is 2.71. The molecule has 100 valence electrons. The highest BCUT2D eigenvalue weighted by Crippen LogP contribution is 2.33. The molecule has 1 aliphatic heterocycles. The van der Waals surface area contributed by atoms with Crippen LogP contribution >= 0.6 is 0 Å². The molecule has 4 nitrogen and oxygen atoms in total. The zero-order valence-electron chi connectivity index (χ0n) is 11.0. The number of aryl methyl sites for hydroxylation is 1. The van der Waals surface area contributed by atoms with Crippen molar-refractivity contribution in [2.45, 2.75) is 32.4 Å². The first kappa shape index (κ1) is 12.2. The van der Waals surface area contributed by atoms with E-state index in [9.17, 15) is 5.11 Å². The maximum atomic E-state index is 9.31. The van der Waals surface area contributed by atoms with Gasteiger partial charge in [-0.05, 0) is 44.0 Å². The fraction of sp³-hybridized carbons (Fsp3) is 0.400. The van der Waals surface area contributed by atoms with Crippen LogP contribution in [0.2, 0.25) is 0 Å². The number of benzene rings is 1. The van der Waals surface area contributed by atoms with Gasteiger partial charge in [0.25, 0.3) is 0 Å². The number of aromatic nitrogens is 1. The molecule has 1 aromatic heterocycles. The van der Waals surface area contributed by atoms with Crippen molar-refractivity contribution in [1.82, 2.24) is 10.1 Å². The van der Waals surface area contributed by atoms with Crippen molar-refractivity contribution in [2.24, 2.45) is 0 Å². The molecule has 19 heavy (non-hydrogen) atoms. The third-order valence-electron chi connectivity index (χ3n) is 3.66. The van der Waals surface area contributed by atoms with Crippen molar-refractivity contribution >= 4 is 0 Å². The van der Waals surface area contributed by atoms with Gasteiger partial charge in [-0.1, -0.05) is 17.3 Å². The summed E-state index contributed by atoms with van der Waals surface area (Å²) >= 11 is 0. The van der Waals surface area contributed by atoms with Crippen LogP contribution in [0.15, 0.2) is 34.9 Å². The van der Waals surface area contributed by atoms with Crippen LogP contribution in [0.25, 0.3) is 0 Å². The Hall–Kier alpha value is -1.81. The van der Waals surface area contributed by atoms with Gasteiger partial charge in [0.1, 0.15) is 5.75 Å².